The molecule has 0 unspecified atom stereocenters. The molecule has 0 N–H and O–H groups in total. The summed E-state index contributed by atoms with van der Waals surface area (Å²) in [7, 11) is 0. The molecule has 0 saturated carbocycles. The van der Waals surface area contributed by atoms with Crippen LogP contribution in [0.15, 0.2) is 65.7 Å². The van der Waals surface area contributed by atoms with Crippen LogP contribution >= 0.6 is 12.2 Å². The van der Waals surface area contributed by atoms with Crippen LogP contribution in [0.1, 0.15) is 79.1 Å². The second kappa shape index (κ2) is 17.1. The Morgan fingerprint density at radius 2 is 1.06 bits per heavy atom. The maximum Gasteiger partial charge on any atom is 0.212 e. The van der Waals surface area contributed by atoms with Gasteiger partial charge in [-0.15, -0.1) is 0 Å². The molecule has 0 radical (unpaired) electrons. The molecule has 0 atom stereocenters. The van der Waals surface area contributed by atoms with Crippen LogP contribution in [-0.4, -0.2) is 47.1 Å². The highest BCUT2D eigenvalue weighted by molar-refractivity contribution is 7.80. The number of aliphatic imine (C=N–C) groups is 1. The Labute approximate surface area is 220 Å². The fourth-order valence-electron chi connectivity index (χ4n) is 3.92. The monoisotopic (exact) mass is 494 g/mol. The van der Waals surface area contributed by atoms with Crippen molar-refractivity contribution in [2.45, 2.75) is 79.1 Å². The first kappa shape index (κ1) is 28.8. The summed E-state index contributed by atoms with van der Waals surface area (Å²) in [6, 6.07) is 20.9. The first-order valence-electron chi connectivity index (χ1n) is 13.7. The number of guanidine groups is 1. The number of rotatable bonds is 14. The van der Waals surface area contributed by atoms with Crippen molar-refractivity contribution in [1.82, 2.24) is 9.80 Å². The maximum absolute atomic E-state index is 6.29. The largest absolute Gasteiger partial charge is 0.348 e. The molecule has 5 heteroatoms. The second-order valence-corrected chi connectivity index (χ2v) is 9.45. The molecule has 0 fully saturated rings. The lowest BCUT2D eigenvalue weighted by molar-refractivity contribution is 0.384. The predicted molar refractivity (Wildman–Crippen MR) is 158 cm³/mol. The zero-order chi connectivity index (χ0) is 25.3. The average molecular weight is 495 g/mol. The van der Waals surface area contributed by atoms with E-state index >= 15 is 0 Å². The predicted octanol–water partition coefficient (Wildman–Crippen LogP) is 8.27. The Morgan fingerprint density at radius 3 is 1.51 bits per heavy atom. The topological polar surface area (TPSA) is 22.1 Å². The molecule has 0 aliphatic carbocycles. The zero-order valence-electron chi connectivity index (χ0n) is 22.5. The van der Waals surface area contributed by atoms with Crippen LogP contribution in [0.5, 0.6) is 0 Å². The number of benzene rings is 2. The molecule has 0 bridgehead atoms. The summed E-state index contributed by atoms with van der Waals surface area (Å²) in [6.07, 6.45) is 9.12. The van der Waals surface area contributed by atoms with Crippen LogP contribution < -0.4 is 4.90 Å². The highest BCUT2D eigenvalue weighted by Crippen LogP contribution is 2.23. The lowest BCUT2D eigenvalue weighted by atomic mass is 10.2. The van der Waals surface area contributed by atoms with Gasteiger partial charge in [-0.1, -0.05) is 89.8 Å². The van der Waals surface area contributed by atoms with Crippen molar-refractivity contribution in [1.29, 1.82) is 0 Å². The van der Waals surface area contributed by atoms with E-state index in [2.05, 4.69) is 97.0 Å². The minimum Gasteiger partial charge on any atom is -0.348 e. The molecule has 0 aromatic heterocycles. The van der Waals surface area contributed by atoms with Crippen LogP contribution in [0.25, 0.3) is 0 Å². The molecule has 35 heavy (non-hydrogen) atoms. The lowest BCUT2D eigenvalue weighted by Gasteiger charge is -2.38. The zero-order valence-corrected chi connectivity index (χ0v) is 23.3. The van der Waals surface area contributed by atoms with Crippen molar-refractivity contribution in [3.63, 3.8) is 0 Å². The van der Waals surface area contributed by atoms with E-state index in [9.17, 15) is 0 Å². The van der Waals surface area contributed by atoms with Crippen LogP contribution in [0.3, 0.4) is 0 Å². The van der Waals surface area contributed by atoms with Gasteiger partial charge in [-0.2, -0.15) is 0 Å². The van der Waals surface area contributed by atoms with Gasteiger partial charge in [0.05, 0.1) is 11.4 Å². The van der Waals surface area contributed by atoms with Gasteiger partial charge in [0.1, 0.15) is 0 Å². The Morgan fingerprint density at radius 1 is 0.629 bits per heavy atom. The Kier molecular flexibility index (Phi) is 14.1. The Bertz CT molecular complexity index is 837. The molecular weight excluding hydrogens is 448 g/mol. The van der Waals surface area contributed by atoms with Gasteiger partial charge < -0.3 is 9.80 Å². The summed E-state index contributed by atoms with van der Waals surface area (Å²) in [5, 5.41) is 0.853. The van der Waals surface area contributed by atoms with Crippen molar-refractivity contribution < 1.29 is 0 Å². The molecule has 2 aromatic carbocycles. The third-order valence-corrected chi connectivity index (χ3v) is 6.51. The fourth-order valence-corrected chi connectivity index (χ4v) is 4.29. The normalized spacial score (nSPS) is 11.4. The number of para-hydroxylation sites is 2. The SMILES string of the molecule is CCCCN(CCCC)C(=S)N(C(=Nc1ccccc1)N(CCCC)CCCC)c1ccccc1. The molecule has 0 amide bonds. The molecule has 0 aliphatic heterocycles. The van der Waals surface area contributed by atoms with Crippen molar-refractivity contribution >= 4 is 34.7 Å². The van der Waals surface area contributed by atoms with Gasteiger partial charge in [0.25, 0.3) is 0 Å². The average Bonchev–Trinajstić information content (AvgIpc) is 2.90. The molecule has 0 spiro atoms. The lowest BCUT2D eigenvalue weighted by Crippen LogP contribution is -2.53. The first-order chi connectivity index (χ1) is 17.2. The van der Waals surface area contributed by atoms with Gasteiger partial charge in [0.15, 0.2) is 5.11 Å². The van der Waals surface area contributed by atoms with E-state index < -0.39 is 0 Å². The summed E-state index contributed by atoms with van der Waals surface area (Å²) in [5.74, 6) is 0.937. The molecule has 4 nitrogen and oxygen atoms in total. The number of anilines is 1. The van der Waals surface area contributed by atoms with Gasteiger partial charge >= 0.3 is 0 Å². The standard InChI is InChI=1S/C30H46N4S/c1-5-9-23-32(24-10-6-2)29(31-27-19-15-13-16-20-27)34(28-21-17-14-18-22-28)30(35)33(25-11-7-3)26-12-8-4/h13-22H,5-12,23-26H2,1-4H3. The molecular formula is C30H46N4S. The number of hydrogen-bond donors (Lipinski definition) is 0. The van der Waals surface area contributed by atoms with E-state index in [-0.39, 0.29) is 0 Å². The van der Waals surface area contributed by atoms with E-state index in [0.29, 0.717) is 0 Å². The smallest absolute Gasteiger partial charge is 0.212 e. The summed E-state index contributed by atoms with van der Waals surface area (Å²) in [6.45, 7) is 12.9. The van der Waals surface area contributed by atoms with E-state index in [4.69, 9.17) is 17.2 Å². The fraction of sp³-hybridized carbons (Fsp3) is 0.533. The van der Waals surface area contributed by atoms with E-state index in [0.717, 1.165) is 100.0 Å². The Hall–Kier alpha value is -2.40. The van der Waals surface area contributed by atoms with E-state index in [1.54, 1.807) is 0 Å². The van der Waals surface area contributed by atoms with Crippen molar-refractivity contribution in [2.24, 2.45) is 4.99 Å². The van der Waals surface area contributed by atoms with E-state index in [1.807, 2.05) is 6.07 Å². The summed E-state index contributed by atoms with van der Waals surface area (Å²) < 4.78 is 0. The maximum atomic E-state index is 6.29. The van der Waals surface area contributed by atoms with Gasteiger partial charge in [-0.05, 0) is 62.2 Å². The Balaban J connectivity index is 2.63. The van der Waals surface area contributed by atoms with Crippen LogP contribution in [0, 0.1) is 0 Å². The first-order valence-corrected chi connectivity index (χ1v) is 14.1. The second-order valence-electron chi connectivity index (χ2n) is 9.09. The van der Waals surface area contributed by atoms with Gasteiger partial charge in [0.2, 0.25) is 5.96 Å². The van der Waals surface area contributed by atoms with Crippen LogP contribution in [0.2, 0.25) is 0 Å². The third-order valence-electron chi connectivity index (χ3n) is 6.07. The molecule has 0 aliphatic rings. The number of thiocarbonyl (C=S) groups is 1. The minimum absolute atomic E-state index is 0.853. The number of hydrogen-bond acceptors (Lipinski definition) is 2. The molecule has 0 saturated heterocycles. The van der Waals surface area contributed by atoms with Crippen LogP contribution in [-0.2, 0) is 0 Å². The van der Waals surface area contributed by atoms with Crippen molar-refractivity contribution in [3.8, 4) is 0 Å². The van der Waals surface area contributed by atoms with Crippen LogP contribution in [0.4, 0.5) is 11.4 Å². The van der Waals surface area contributed by atoms with E-state index in [1.165, 1.54) is 0 Å². The van der Waals surface area contributed by atoms with Gasteiger partial charge in [0, 0.05) is 26.2 Å². The molecule has 192 valence electrons. The summed E-state index contributed by atoms with van der Waals surface area (Å²) >= 11 is 6.29. The number of unbranched alkanes of at least 4 members (excludes halogenated alkanes) is 4. The third kappa shape index (κ3) is 9.64. The molecule has 0 heterocycles. The van der Waals surface area contributed by atoms with Crippen molar-refractivity contribution in [3.05, 3.63) is 60.7 Å². The molecule has 2 rings (SSSR count). The summed E-state index contributed by atoms with van der Waals surface area (Å²) in [5.41, 5.74) is 2.03. The highest BCUT2D eigenvalue weighted by atomic mass is 32.1. The highest BCUT2D eigenvalue weighted by Gasteiger charge is 2.27. The van der Waals surface area contributed by atoms with Gasteiger partial charge in [-0.25, -0.2) is 4.99 Å². The number of nitrogens with zero attached hydrogens (tertiary/aromatic N) is 4. The van der Waals surface area contributed by atoms with Gasteiger partial charge in [-0.3, -0.25) is 4.90 Å². The molecule has 2 aromatic rings. The quantitative estimate of drug-likeness (QED) is 0.150. The van der Waals surface area contributed by atoms with Crippen molar-refractivity contribution in [2.75, 3.05) is 31.1 Å². The summed E-state index contributed by atoms with van der Waals surface area (Å²) in [4.78, 5) is 12.3. The minimum atomic E-state index is 0.853.